The minimum atomic E-state index is -3.72. The Kier molecular flexibility index (Phi) is 6.30. The van der Waals surface area contributed by atoms with Crippen LogP contribution in [0.25, 0.3) is 0 Å². The van der Waals surface area contributed by atoms with E-state index in [1.807, 2.05) is 0 Å². The predicted octanol–water partition coefficient (Wildman–Crippen LogP) is 1.22. The molecule has 0 aliphatic carbocycles. The fourth-order valence-corrected chi connectivity index (χ4v) is 5.00. The Morgan fingerprint density at radius 3 is 2.40 bits per heavy atom. The van der Waals surface area contributed by atoms with Gasteiger partial charge in [-0.2, -0.15) is 12.7 Å². The van der Waals surface area contributed by atoms with Crippen molar-refractivity contribution in [2.24, 2.45) is 0 Å². The molecule has 142 valence electrons. The number of benzene rings is 1. The Labute approximate surface area is 148 Å². The number of ether oxygens (including phenoxy) is 2. The van der Waals surface area contributed by atoms with E-state index in [0.29, 0.717) is 30.9 Å². The molecule has 1 saturated heterocycles. The van der Waals surface area contributed by atoms with Crippen molar-refractivity contribution in [3.63, 3.8) is 0 Å². The van der Waals surface area contributed by atoms with Gasteiger partial charge >= 0.3 is 0 Å². The highest BCUT2D eigenvalue weighted by Crippen LogP contribution is 2.33. The van der Waals surface area contributed by atoms with E-state index in [1.165, 1.54) is 30.7 Å². The maximum absolute atomic E-state index is 12.9. The first kappa shape index (κ1) is 20.0. The summed E-state index contributed by atoms with van der Waals surface area (Å²) in [5.41, 5.74) is 0. The molecule has 1 aromatic carbocycles. The lowest BCUT2D eigenvalue weighted by molar-refractivity contribution is 0.270. The minimum absolute atomic E-state index is 0.0402. The van der Waals surface area contributed by atoms with Crippen molar-refractivity contribution in [1.82, 2.24) is 4.31 Å². The van der Waals surface area contributed by atoms with E-state index in [9.17, 15) is 16.8 Å². The van der Waals surface area contributed by atoms with Crippen LogP contribution in [-0.2, 0) is 24.3 Å². The Morgan fingerprint density at radius 2 is 1.80 bits per heavy atom. The zero-order valence-corrected chi connectivity index (χ0v) is 16.1. The first-order valence-electron chi connectivity index (χ1n) is 7.77. The van der Waals surface area contributed by atoms with Crippen LogP contribution in [0.3, 0.4) is 0 Å². The van der Waals surface area contributed by atoms with Gasteiger partial charge in [-0.3, -0.25) is 4.18 Å². The van der Waals surface area contributed by atoms with Crippen LogP contribution in [0.4, 0.5) is 0 Å². The summed E-state index contributed by atoms with van der Waals surface area (Å²) in [4.78, 5) is 0.112. The number of rotatable bonds is 8. The van der Waals surface area contributed by atoms with Crippen LogP contribution in [-0.4, -0.2) is 60.8 Å². The van der Waals surface area contributed by atoms with Gasteiger partial charge in [0.1, 0.15) is 0 Å². The summed E-state index contributed by atoms with van der Waals surface area (Å²) in [6, 6.07) is 4.15. The molecule has 1 aromatic rings. The molecule has 1 fully saturated rings. The van der Waals surface area contributed by atoms with E-state index < -0.39 is 20.1 Å². The van der Waals surface area contributed by atoms with Crippen molar-refractivity contribution in [3.8, 4) is 11.5 Å². The van der Waals surface area contributed by atoms with Crippen LogP contribution in [0.1, 0.15) is 19.3 Å². The van der Waals surface area contributed by atoms with E-state index in [0.717, 1.165) is 12.7 Å². The van der Waals surface area contributed by atoms with Gasteiger partial charge in [0.25, 0.3) is 10.1 Å². The molecule has 1 aliphatic heterocycles. The molecular weight excluding hydrogens is 370 g/mol. The molecule has 1 unspecified atom stereocenters. The van der Waals surface area contributed by atoms with Gasteiger partial charge in [0.05, 0.1) is 32.0 Å². The summed E-state index contributed by atoms with van der Waals surface area (Å²) < 4.78 is 64.4. The van der Waals surface area contributed by atoms with E-state index in [-0.39, 0.29) is 17.5 Å². The molecule has 0 N–H and O–H groups in total. The topological polar surface area (TPSA) is 99.2 Å². The molecule has 10 heteroatoms. The highest BCUT2D eigenvalue weighted by Gasteiger charge is 2.35. The normalized spacial score (nSPS) is 19.1. The third-order valence-electron chi connectivity index (χ3n) is 4.03. The molecule has 0 spiro atoms. The average molecular weight is 393 g/mol. The highest BCUT2D eigenvalue weighted by molar-refractivity contribution is 7.89. The molecule has 1 heterocycles. The largest absolute Gasteiger partial charge is 0.493 e. The second-order valence-electron chi connectivity index (χ2n) is 5.74. The van der Waals surface area contributed by atoms with E-state index in [4.69, 9.17) is 13.7 Å². The van der Waals surface area contributed by atoms with Crippen LogP contribution >= 0.6 is 0 Å². The maximum Gasteiger partial charge on any atom is 0.264 e. The Bertz CT molecular complexity index is 805. The Balaban J connectivity index is 2.20. The second kappa shape index (κ2) is 7.90. The zero-order chi connectivity index (χ0) is 18.7. The fourth-order valence-electron chi connectivity index (χ4n) is 2.86. The lowest BCUT2D eigenvalue weighted by Gasteiger charge is -2.24. The summed E-state index contributed by atoms with van der Waals surface area (Å²) in [6.07, 6.45) is 2.68. The van der Waals surface area contributed by atoms with Crippen LogP contribution in [0.2, 0.25) is 0 Å². The van der Waals surface area contributed by atoms with Crippen LogP contribution < -0.4 is 9.47 Å². The third-order valence-corrected chi connectivity index (χ3v) is 6.58. The predicted molar refractivity (Wildman–Crippen MR) is 91.9 cm³/mol. The smallest absolute Gasteiger partial charge is 0.264 e. The number of sulfonamides is 1. The first-order chi connectivity index (χ1) is 11.7. The van der Waals surface area contributed by atoms with Gasteiger partial charge < -0.3 is 9.47 Å². The van der Waals surface area contributed by atoms with E-state index in [1.54, 1.807) is 6.07 Å². The van der Waals surface area contributed by atoms with Crippen LogP contribution in [0, 0.1) is 0 Å². The molecule has 1 atom stereocenters. The molecule has 0 radical (unpaired) electrons. The van der Waals surface area contributed by atoms with Crippen molar-refractivity contribution in [2.45, 2.75) is 30.2 Å². The van der Waals surface area contributed by atoms with Gasteiger partial charge in [-0.25, -0.2) is 8.42 Å². The molecule has 1 aliphatic rings. The minimum Gasteiger partial charge on any atom is -0.493 e. The molecular formula is C15H23NO7S2. The van der Waals surface area contributed by atoms with Crippen molar-refractivity contribution < 1.29 is 30.5 Å². The standard InChI is InChI=1S/C15H23NO7S2/c1-21-14-7-6-13(11-15(14)22-2)25(19,20)16-9-4-5-12(16)8-10-23-24(3,17)18/h6-7,11-12H,4-5,8-10H2,1-3H3. The second-order valence-corrected chi connectivity index (χ2v) is 9.28. The number of hydrogen-bond acceptors (Lipinski definition) is 7. The molecule has 0 bridgehead atoms. The SMILES string of the molecule is COc1ccc(S(=O)(=O)N2CCCC2CCOS(C)(=O)=O)cc1OC. The molecule has 8 nitrogen and oxygen atoms in total. The summed E-state index contributed by atoms with van der Waals surface area (Å²) in [5, 5.41) is 0. The van der Waals surface area contributed by atoms with Gasteiger partial charge in [0.15, 0.2) is 11.5 Å². The van der Waals surface area contributed by atoms with Crippen LogP contribution in [0.15, 0.2) is 23.1 Å². The average Bonchev–Trinajstić information content (AvgIpc) is 3.02. The van der Waals surface area contributed by atoms with Gasteiger partial charge in [0.2, 0.25) is 10.0 Å². The fraction of sp³-hybridized carbons (Fsp3) is 0.600. The van der Waals surface area contributed by atoms with Gasteiger partial charge in [0, 0.05) is 18.7 Å². The van der Waals surface area contributed by atoms with Gasteiger partial charge in [-0.1, -0.05) is 0 Å². The molecule has 0 amide bonds. The molecule has 0 saturated carbocycles. The summed E-state index contributed by atoms with van der Waals surface area (Å²) in [7, 11) is -4.34. The number of hydrogen-bond donors (Lipinski definition) is 0. The van der Waals surface area contributed by atoms with Crippen molar-refractivity contribution >= 4 is 20.1 Å². The molecule has 2 rings (SSSR count). The quantitative estimate of drug-likeness (QED) is 0.612. The Hall–Kier alpha value is -1.36. The van der Waals surface area contributed by atoms with Gasteiger partial charge in [-0.15, -0.1) is 0 Å². The lowest BCUT2D eigenvalue weighted by atomic mass is 10.2. The summed E-state index contributed by atoms with van der Waals surface area (Å²) >= 11 is 0. The maximum atomic E-state index is 12.9. The Morgan fingerprint density at radius 1 is 1.12 bits per heavy atom. The van der Waals surface area contributed by atoms with Crippen molar-refractivity contribution in [2.75, 3.05) is 33.6 Å². The molecule has 25 heavy (non-hydrogen) atoms. The zero-order valence-electron chi connectivity index (χ0n) is 14.5. The molecule has 0 aromatic heterocycles. The first-order valence-corrected chi connectivity index (χ1v) is 11.0. The highest BCUT2D eigenvalue weighted by atomic mass is 32.2. The summed E-state index contributed by atoms with van der Waals surface area (Å²) in [5.74, 6) is 0.778. The van der Waals surface area contributed by atoms with E-state index in [2.05, 4.69) is 0 Å². The third kappa shape index (κ3) is 4.84. The monoisotopic (exact) mass is 393 g/mol. The van der Waals surface area contributed by atoms with Crippen molar-refractivity contribution in [1.29, 1.82) is 0 Å². The van der Waals surface area contributed by atoms with E-state index >= 15 is 0 Å². The number of nitrogens with zero attached hydrogens (tertiary/aromatic N) is 1. The van der Waals surface area contributed by atoms with Crippen LogP contribution in [0.5, 0.6) is 11.5 Å². The van der Waals surface area contributed by atoms with Gasteiger partial charge in [-0.05, 0) is 31.4 Å². The number of methoxy groups -OCH3 is 2. The lowest BCUT2D eigenvalue weighted by Crippen LogP contribution is -2.36. The van der Waals surface area contributed by atoms with Crippen molar-refractivity contribution in [3.05, 3.63) is 18.2 Å². The summed E-state index contributed by atoms with van der Waals surface area (Å²) in [6.45, 7) is 0.349.